The number of hydrogen-bond donors (Lipinski definition) is 0. The summed E-state index contributed by atoms with van der Waals surface area (Å²) in [6.45, 7) is 2.80. The minimum absolute atomic E-state index is 0.240. The summed E-state index contributed by atoms with van der Waals surface area (Å²) in [4.78, 5) is 0. The first kappa shape index (κ1) is 16.2. The summed E-state index contributed by atoms with van der Waals surface area (Å²) >= 11 is 10.2. The first-order valence-electron chi connectivity index (χ1n) is 6.86. The summed E-state index contributed by atoms with van der Waals surface area (Å²) < 4.78 is 11.8. The van der Waals surface area contributed by atoms with Crippen molar-refractivity contribution < 1.29 is 9.47 Å². The lowest BCUT2D eigenvalue weighted by atomic mass is 10.0. The Labute approximate surface area is 139 Å². The van der Waals surface area contributed by atoms with E-state index in [4.69, 9.17) is 21.1 Å². The summed E-state index contributed by atoms with van der Waals surface area (Å²) in [5.41, 5.74) is 2.02. The van der Waals surface area contributed by atoms with Crippen molar-refractivity contribution in [3.63, 3.8) is 0 Å². The van der Waals surface area contributed by atoms with Gasteiger partial charge in [0.15, 0.2) is 0 Å². The lowest BCUT2D eigenvalue weighted by Crippen LogP contribution is -1.98. The van der Waals surface area contributed by atoms with Crippen molar-refractivity contribution in [3.05, 3.63) is 58.1 Å². The highest BCUT2D eigenvalue weighted by Crippen LogP contribution is 2.36. The second-order valence-electron chi connectivity index (χ2n) is 4.67. The van der Waals surface area contributed by atoms with Gasteiger partial charge in [0.1, 0.15) is 11.5 Å². The molecule has 1 unspecified atom stereocenters. The van der Waals surface area contributed by atoms with Gasteiger partial charge in [-0.2, -0.15) is 0 Å². The second-order valence-corrected chi connectivity index (χ2v) is 5.96. The highest BCUT2D eigenvalue weighted by Gasteiger charge is 2.15. The second kappa shape index (κ2) is 7.71. The molecule has 0 N–H and O–H groups in total. The van der Waals surface area contributed by atoms with Crippen LogP contribution in [0.15, 0.2) is 46.9 Å². The molecule has 0 amide bonds. The van der Waals surface area contributed by atoms with Crippen LogP contribution in [0.1, 0.15) is 29.8 Å². The summed E-state index contributed by atoms with van der Waals surface area (Å²) in [6.07, 6.45) is 0.985. The van der Waals surface area contributed by atoms with Crippen LogP contribution in [0.3, 0.4) is 0 Å². The molecule has 4 heteroatoms. The zero-order chi connectivity index (χ0) is 15.2. The van der Waals surface area contributed by atoms with Gasteiger partial charge in [-0.25, -0.2) is 0 Å². The zero-order valence-corrected chi connectivity index (χ0v) is 14.4. The summed E-state index contributed by atoms with van der Waals surface area (Å²) in [5.74, 6) is 1.65. The van der Waals surface area contributed by atoms with E-state index in [1.807, 2.05) is 42.5 Å². The van der Waals surface area contributed by atoms with Gasteiger partial charge in [-0.1, -0.05) is 41.1 Å². The van der Waals surface area contributed by atoms with Gasteiger partial charge < -0.3 is 9.47 Å². The predicted octanol–water partition coefficient (Wildman–Crippen LogP) is 5.57. The molecule has 0 aliphatic carbocycles. The van der Waals surface area contributed by atoms with Crippen molar-refractivity contribution >= 4 is 27.5 Å². The van der Waals surface area contributed by atoms with E-state index in [0.717, 1.165) is 33.5 Å². The fraction of sp³-hybridized carbons (Fsp3) is 0.294. The highest BCUT2D eigenvalue weighted by atomic mass is 79.9. The molecule has 2 rings (SSSR count). The Morgan fingerprint density at radius 3 is 2.62 bits per heavy atom. The van der Waals surface area contributed by atoms with Crippen molar-refractivity contribution in [2.45, 2.75) is 18.7 Å². The van der Waals surface area contributed by atoms with Crippen LogP contribution in [0.5, 0.6) is 11.5 Å². The Morgan fingerprint density at radius 2 is 1.95 bits per heavy atom. The molecule has 0 radical (unpaired) electrons. The summed E-state index contributed by atoms with van der Waals surface area (Å²) in [6, 6.07) is 13.7. The van der Waals surface area contributed by atoms with Crippen molar-refractivity contribution in [1.29, 1.82) is 0 Å². The van der Waals surface area contributed by atoms with E-state index in [2.05, 4.69) is 22.9 Å². The van der Waals surface area contributed by atoms with Gasteiger partial charge in [0.25, 0.3) is 0 Å². The number of hydrogen-bond acceptors (Lipinski definition) is 2. The van der Waals surface area contributed by atoms with Crippen molar-refractivity contribution in [1.82, 2.24) is 0 Å². The van der Waals surface area contributed by atoms with Gasteiger partial charge in [-0.15, -0.1) is 11.6 Å². The number of alkyl halides is 1. The first-order valence-corrected chi connectivity index (χ1v) is 8.09. The maximum atomic E-state index is 6.61. The third kappa shape index (κ3) is 4.14. The molecule has 1 atom stereocenters. The Bertz CT molecular complexity index is 601. The minimum Gasteiger partial charge on any atom is -0.497 e. The van der Waals surface area contributed by atoms with Gasteiger partial charge in [0.05, 0.1) is 19.1 Å². The summed E-state index contributed by atoms with van der Waals surface area (Å²) in [5, 5.41) is -0.240. The number of rotatable bonds is 6. The number of halogens is 2. The Morgan fingerprint density at radius 1 is 1.14 bits per heavy atom. The average molecular weight is 370 g/mol. The molecule has 0 heterocycles. The lowest BCUT2D eigenvalue weighted by Gasteiger charge is -2.14. The van der Waals surface area contributed by atoms with Crippen LogP contribution in [0.2, 0.25) is 0 Å². The van der Waals surface area contributed by atoms with Gasteiger partial charge in [-0.05, 0) is 41.8 Å². The van der Waals surface area contributed by atoms with Crippen LogP contribution in [0.25, 0.3) is 0 Å². The standard InChI is InChI=1S/C17H18BrClO2/c1-3-9-21-14-6-4-5-12(10-14)17(19)15-8-7-13(20-2)11-16(15)18/h4-8,10-11,17H,3,9H2,1-2H3. The van der Waals surface area contributed by atoms with Crippen LogP contribution < -0.4 is 9.47 Å². The van der Waals surface area contributed by atoms with Gasteiger partial charge >= 0.3 is 0 Å². The molecule has 112 valence electrons. The third-order valence-electron chi connectivity index (χ3n) is 3.10. The molecule has 21 heavy (non-hydrogen) atoms. The SMILES string of the molecule is CCCOc1cccc(C(Cl)c2ccc(OC)cc2Br)c1. The number of ether oxygens (including phenoxy) is 2. The van der Waals surface area contributed by atoms with Gasteiger partial charge in [0, 0.05) is 4.47 Å². The molecular formula is C17H18BrClO2. The normalized spacial score (nSPS) is 12.0. The fourth-order valence-electron chi connectivity index (χ4n) is 2.00. The maximum absolute atomic E-state index is 6.61. The molecule has 2 nitrogen and oxygen atoms in total. The lowest BCUT2D eigenvalue weighted by molar-refractivity contribution is 0.317. The third-order valence-corrected chi connectivity index (χ3v) is 4.28. The highest BCUT2D eigenvalue weighted by molar-refractivity contribution is 9.10. The molecular weight excluding hydrogens is 352 g/mol. The maximum Gasteiger partial charge on any atom is 0.120 e. The molecule has 0 saturated heterocycles. The van der Waals surface area contributed by atoms with Gasteiger partial charge in [0.2, 0.25) is 0 Å². The fourth-order valence-corrected chi connectivity index (χ4v) is 3.05. The quantitative estimate of drug-likeness (QED) is 0.619. The molecule has 0 aliphatic rings. The molecule has 0 bridgehead atoms. The van der Waals surface area contributed by atoms with E-state index < -0.39 is 0 Å². The molecule has 0 spiro atoms. The van der Waals surface area contributed by atoms with E-state index in [0.29, 0.717) is 6.61 Å². The molecule has 0 aliphatic heterocycles. The Hall–Kier alpha value is -1.19. The molecule has 0 fully saturated rings. The Balaban J connectivity index is 2.25. The molecule has 2 aromatic rings. The topological polar surface area (TPSA) is 18.5 Å². The van der Waals surface area contributed by atoms with Crippen LogP contribution >= 0.6 is 27.5 Å². The van der Waals surface area contributed by atoms with Crippen molar-refractivity contribution in [2.24, 2.45) is 0 Å². The average Bonchev–Trinajstić information content (AvgIpc) is 2.52. The Kier molecular flexibility index (Phi) is 5.95. The number of methoxy groups -OCH3 is 1. The smallest absolute Gasteiger partial charge is 0.120 e. The van der Waals surface area contributed by atoms with E-state index in [1.165, 1.54) is 0 Å². The molecule has 0 saturated carbocycles. The van der Waals surface area contributed by atoms with Crippen molar-refractivity contribution in [2.75, 3.05) is 13.7 Å². The van der Waals surface area contributed by atoms with Crippen LogP contribution in [-0.4, -0.2) is 13.7 Å². The van der Waals surface area contributed by atoms with E-state index >= 15 is 0 Å². The summed E-state index contributed by atoms with van der Waals surface area (Å²) in [7, 11) is 1.65. The van der Waals surface area contributed by atoms with Gasteiger partial charge in [-0.3, -0.25) is 0 Å². The minimum atomic E-state index is -0.240. The largest absolute Gasteiger partial charge is 0.497 e. The van der Waals surface area contributed by atoms with E-state index in [1.54, 1.807) is 7.11 Å². The number of benzene rings is 2. The predicted molar refractivity (Wildman–Crippen MR) is 90.6 cm³/mol. The molecule has 0 aromatic heterocycles. The monoisotopic (exact) mass is 368 g/mol. The van der Waals surface area contributed by atoms with E-state index in [-0.39, 0.29) is 5.38 Å². The zero-order valence-electron chi connectivity index (χ0n) is 12.1. The van der Waals surface area contributed by atoms with Crippen molar-refractivity contribution in [3.8, 4) is 11.5 Å². The van der Waals surface area contributed by atoms with Crippen LogP contribution in [0, 0.1) is 0 Å². The van der Waals surface area contributed by atoms with Crippen LogP contribution in [-0.2, 0) is 0 Å². The van der Waals surface area contributed by atoms with E-state index in [9.17, 15) is 0 Å². The van der Waals surface area contributed by atoms with Crippen LogP contribution in [0.4, 0.5) is 0 Å². The first-order chi connectivity index (χ1) is 10.2. The molecule has 2 aromatic carbocycles.